The Kier molecular flexibility index (Phi) is 6.75. The Labute approximate surface area is 184 Å². The summed E-state index contributed by atoms with van der Waals surface area (Å²) in [5.41, 5.74) is -0.615. The maximum atomic E-state index is 14.2. The van der Waals surface area contributed by atoms with Gasteiger partial charge in [0.25, 0.3) is 5.91 Å². The normalized spacial score (nSPS) is 16.0. The average Bonchev–Trinajstić information content (AvgIpc) is 2.73. The molecule has 2 heterocycles. The molecule has 0 aliphatic carbocycles. The molecule has 1 aliphatic rings. The Hall–Kier alpha value is -3.05. The van der Waals surface area contributed by atoms with Crippen LogP contribution in [0.4, 0.5) is 36.6 Å². The minimum absolute atomic E-state index is 0.0432. The van der Waals surface area contributed by atoms with Gasteiger partial charge in [0.2, 0.25) is 0 Å². The molecule has 0 N–H and O–H groups in total. The first-order valence-electron chi connectivity index (χ1n) is 9.88. The summed E-state index contributed by atoms with van der Waals surface area (Å²) in [7, 11) is 0. The second-order valence-electron chi connectivity index (χ2n) is 7.61. The topological polar surface area (TPSA) is 45.7 Å². The van der Waals surface area contributed by atoms with Crippen LogP contribution in [-0.2, 0) is 6.18 Å². The summed E-state index contributed by atoms with van der Waals surface area (Å²) in [6, 6.07) is 4.59. The second kappa shape index (κ2) is 9.06. The van der Waals surface area contributed by atoms with Crippen molar-refractivity contribution in [2.24, 2.45) is 0 Å². The van der Waals surface area contributed by atoms with Crippen LogP contribution in [0, 0.1) is 12.7 Å². The van der Waals surface area contributed by atoms with E-state index in [9.17, 15) is 35.5 Å². The number of benzene rings is 1. The van der Waals surface area contributed by atoms with E-state index in [1.807, 2.05) is 0 Å². The highest BCUT2D eigenvalue weighted by atomic mass is 19.4. The number of hydrogen-bond donors (Lipinski definition) is 0. The quantitative estimate of drug-likeness (QED) is 0.589. The molecule has 1 saturated heterocycles. The molecule has 1 aromatic carbocycles. The number of amides is 1. The molecule has 1 aromatic heterocycles. The number of ether oxygens (including phenoxy) is 1. The Balaban J connectivity index is 1.73. The van der Waals surface area contributed by atoms with Gasteiger partial charge in [-0.2, -0.15) is 26.3 Å². The van der Waals surface area contributed by atoms with Crippen molar-refractivity contribution >= 4 is 11.7 Å². The number of alkyl halides is 6. The van der Waals surface area contributed by atoms with Gasteiger partial charge < -0.3 is 14.5 Å². The minimum Gasteiger partial charge on any atom is -0.480 e. The van der Waals surface area contributed by atoms with Gasteiger partial charge in [0.15, 0.2) is 17.7 Å². The van der Waals surface area contributed by atoms with Crippen LogP contribution in [0.5, 0.6) is 5.75 Å². The fourth-order valence-corrected chi connectivity index (χ4v) is 3.28. The summed E-state index contributed by atoms with van der Waals surface area (Å²) in [5, 5.41) is 0. The van der Waals surface area contributed by atoms with E-state index in [4.69, 9.17) is 4.74 Å². The fraction of sp³-hybridized carbons (Fsp3) is 0.429. The molecular formula is C21H20F7N3O2. The highest BCUT2D eigenvalue weighted by Crippen LogP contribution is 2.32. The van der Waals surface area contributed by atoms with Crippen LogP contribution < -0.4 is 9.64 Å². The number of carbonyl (C=O) groups is 1. The number of rotatable bonds is 4. The van der Waals surface area contributed by atoms with Crippen LogP contribution in [0.25, 0.3) is 0 Å². The van der Waals surface area contributed by atoms with Crippen LogP contribution in [0.15, 0.2) is 30.5 Å². The zero-order valence-corrected chi connectivity index (χ0v) is 17.6. The molecule has 1 fully saturated rings. The highest BCUT2D eigenvalue weighted by molar-refractivity contribution is 5.97. The molecule has 0 saturated carbocycles. The Morgan fingerprint density at radius 2 is 1.70 bits per heavy atom. The third-order valence-electron chi connectivity index (χ3n) is 5.15. The fourth-order valence-electron chi connectivity index (χ4n) is 3.28. The molecule has 1 atom stereocenters. The number of halogens is 7. The summed E-state index contributed by atoms with van der Waals surface area (Å²) in [6.45, 7) is 2.76. The molecule has 0 radical (unpaired) electrons. The second-order valence-corrected chi connectivity index (χ2v) is 7.61. The summed E-state index contributed by atoms with van der Waals surface area (Å²) >= 11 is 0. The lowest BCUT2D eigenvalue weighted by atomic mass is 10.1. The van der Waals surface area contributed by atoms with E-state index in [1.165, 1.54) is 28.0 Å². The standard InChI is InChI=1S/C21H20F7N3O2/c1-12-3-4-17(33-13(2)20(23,24)25)15(9-12)19(32)31-7-5-30(6-8-31)18-16(22)10-14(11-29-18)21(26,27)28/h3-4,9-11,13H,5-8H2,1-2H3/t13-/m0/s1. The Morgan fingerprint density at radius 1 is 1.06 bits per heavy atom. The van der Waals surface area contributed by atoms with Gasteiger partial charge in [-0.1, -0.05) is 11.6 Å². The third kappa shape index (κ3) is 5.66. The molecular weight excluding hydrogens is 459 g/mol. The minimum atomic E-state index is -4.73. The zero-order chi connectivity index (χ0) is 24.6. The number of nitrogens with zero attached hydrogens (tertiary/aromatic N) is 3. The molecule has 5 nitrogen and oxygen atoms in total. The van der Waals surface area contributed by atoms with Gasteiger partial charge >= 0.3 is 12.4 Å². The smallest absolute Gasteiger partial charge is 0.425 e. The maximum Gasteiger partial charge on any atom is 0.425 e. The first-order valence-corrected chi connectivity index (χ1v) is 9.88. The van der Waals surface area contributed by atoms with Crippen molar-refractivity contribution in [2.45, 2.75) is 32.3 Å². The zero-order valence-electron chi connectivity index (χ0n) is 17.6. The molecule has 0 bridgehead atoms. The van der Waals surface area contributed by atoms with E-state index < -0.39 is 35.7 Å². The number of piperazine rings is 1. The molecule has 1 aliphatic heterocycles. The summed E-state index contributed by atoms with van der Waals surface area (Å²) in [4.78, 5) is 19.3. The molecule has 3 rings (SSSR count). The lowest BCUT2D eigenvalue weighted by Crippen LogP contribution is -2.49. The Morgan fingerprint density at radius 3 is 2.24 bits per heavy atom. The first-order chi connectivity index (χ1) is 15.3. The molecule has 0 spiro atoms. The van der Waals surface area contributed by atoms with Gasteiger partial charge in [0.1, 0.15) is 5.75 Å². The SMILES string of the molecule is Cc1ccc(O[C@@H](C)C(F)(F)F)c(C(=O)N2CCN(c3ncc(C(F)(F)F)cc3F)CC2)c1. The predicted octanol–water partition coefficient (Wildman–Crippen LogP) is 4.84. The van der Waals surface area contributed by atoms with Crippen molar-refractivity contribution in [1.82, 2.24) is 9.88 Å². The van der Waals surface area contributed by atoms with Gasteiger partial charge in [0, 0.05) is 32.4 Å². The van der Waals surface area contributed by atoms with Crippen molar-refractivity contribution in [3.05, 3.63) is 53.0 Å². The third-order valence-corrected chi connectivity index (χ3v) is 5.15. The van der Waals surface area contributed by atoms with Crippen LogP contribution in [0.3, 0.4) is 0 Å². The number of aryl methyl sites for hydroxylation is 1. The lowest BCUT2D eigenvalue weighted by Gasteiger charge is -2.36. The number of anilines is 1. The van der Waals surface area contributed by atoms with Crippen molar-refractivity contribution in [3.8, 4) is 5.75 Å². The molecule has 180 valence electrons. The number of pyridine rings is 1. The van der Waals surface area contributed by atoms with Crippen LogP contribution in [0.2, 0.25) is 0 Å². The van der Waals surface area contributed by atoms with Gasteiger partial charge in [-0.25, -0.2) is 9.37 Å². The van der Waals surface area contributed by atoms with E-state index in [0.29, 0.717) is 17.8 Å². The molecule has 0 unspecified atom stereocenters. The number of carbonyl (C=O) groups excluding carboxylic acids is 1. The lowest BCUT2D eigenvalue weighted by molar-refractivity contribution is -0.189. The molecule has 12 heteroatoms. The summed E-state index contributed by atoms with van der Waals surface area (Å²) in [6.07, 6.45) is -10.9. The largest absolute Gasteiger partial charge is 0.480 e. The summed E-state index contributed by atoms with van der Waals surface area (Å²) in [5.74, 6) is -2.19. The van der Waals surface area contributed by atoms with E-state index in [1.54, 1.807) is 6.92 Å². The van der Waals surface area contributed by atoms with E-state index in [-0.39, 0.29) is 43.3 Å². The number of hydrogen-bond acceptors (Lipinski definition) is 4. The van der Waals surface area contributed by atoms with Gasteiger partial charge in [-0.15, -0.1) is 0 Å². The molecule has 2 aromatic rings. The van der Waals surface area contributed by atoms with Gasteiger partial charge in [-0.05, 0) is 32.0 Å². The van der Waals surface area contributed by atoms with Gasteiger partial charge in [0.05, 0.1) is 11.1 Å². The van der Waals surface area contributed by atoms with Gasteiger partial charge in [-0.3, -0.25) is 4.79 Å². The van der Waals surface area contributed by atoms with E-state index >= 15 is 0 Å². The predicted molar refractivity (Wildman–Crippen MR) is 105 cm³/mol. The summed E-state index contributed by atoms with van der Waals surface area (Å²) < 4.78 is 96.0. The first kappa shape index (κ1) is 24.6. The highest BCUT2D eigenvalue weighted by Gasteiger charge is 2.39. The molecule has 1 amide bonds. The Bertz CT molecular complexity index is 1020. The van der Waals surface area contributed by atoms with Crippen LogP contribution in [-0.4, -0.2) is 54.3 Å². The van der Waals surface area contributed by atoms with E-state index in [2.05, 4.69) is 4.98 Å². The molecule has 33 heavy (non-hydrogen) atoms. The van der Waals surface area contributed by atoms with Crippen molar-refractivity contribution < 1.29 is 40.3 Å². The van der Waals surface area contributed by atoms with Crippen LogP contribution in [0.1, 0.15) is 28.4 Å². The van der Waals surface area contributed by atoms with Crippen molar-refractivity contribution in [1.29, 1.82) is 0 Å². The monoisotopic (exact) mass is 479 g/mol. The maximum absolute atomic E-state index is 14.2. The number of aromatic nitrogens is 1. The van der Waals surface area contributed by atoms with Crippen molar-refractivity contribution in [2.75, 3.05) is 31.1 Å². The van der Waals surface area contributed by atoms with Crippen molar-refractivity contribution in [3.63, 3.8) is 0 Å². The average molecular weight is 479 g/mol. The van der Waals surface area contributed by atoms with Crippen LogP contribution >= 0.6 is 0 Å². The van der Waals surface area contributed by atoms with E-state index in [0.717, 1.165) is 6.92 Å².